The standard InChI is InChI=1S/C11H14N4O2S/c1-2-18(16,17)15-4-3-9-8(7-15)5-12-11-10(9)6-13-14-11/h5-6H,2-4,7H2,1H3,(H,12,13,14). The monoisotopic (exact) mass is 266 g/mol. The van der Waals surface area contributed by atoms with Crippen LogP contribution in [0.3, 0.4) is 0 Å². The number of nitrogens with zero attached hydrogens (tertiary/aromatic N) is 3. The molecule has 1 aliphatic heterocycles. The Morgan fingerprint density at radius 1 is 1.44 bits per heavy atom. The third-order valence-corrected chi connectivity index (χ3v) is 5.23. The van der Waals surface area contributed by atoms with Gasteiger partial charge in [0, 0.05) is 24.7 Å². The van der Waals surface area contributed by atoms with Gasteiger partial charge in [-0.1, -0.05) is 0 Å². The number of rotatable bonds is 2. The van der Waals surface area contributed by atoms with E-state index in [9.17, 15) is 8.42 Å². The van der Waals surface area contributed by atoms with E-state index in [1.807, 2.05) is 0 Å². The van der Waals surface area contributed by atoms with Gasteiger partial charge in [0.15, 0.2) is 5.65 Å². The fourth-order valence-corrected chi connectivity index (χ4v) is 3.42. The summed E-state index contributed by atoms with van der Waals surface area (Å²) in [7, 11) is -3.12. The minimum atomic E-state index is -3.12. The molecular formula is C11H14N4O2S. The van der Waals surface area contributed by atoms with Crippen LogP contribution in [0.5, 0.6) is 0 Å². The molecule has 0 radical (unpaired) electrons. The molecule has 0 spiro atoms. The zero-order valence-electron chi connectivity index (χ0n) is 10.0. The number of sulfonamides is 1. The minimum absolute atomic E-state index is 0.143. The molecule has 18 heavy (non-hydrogen) atoms. The number of nitrogens with one attached hydrogen (secondary N) is 1. The molecule has 0 aromatic carbocycles. The maximum Gasteiger partial charge on any atom is 0.214 e. The van der Waals surface area contributed by atoms with Crippen molar-refractivity contribution in [3.05, 3.63) is 23.5 Å². The number of aromatic amines is 1. The van der Waals surface area contributed by atoms with Crippen molar-refractivity contribution in [2.45, 2.75) is 19.9 Å². The molecule has 2 aromatic rings. The Hall–Kier alpha value is -1.47. The van der Waals surface area contributed by atoms with Gasteiger partial charge in [0.2, 0.25) is 10.0 Å². The minimum Gasteiger partial charge on any atom is -0.261 e. The summed E-state index contributed by atoms with van der Waals surface area (Å²) in [6.45, 7) is 2.62. The number of aromatic nitrogens is 3. The molecule has 6 nitrogen and oxygen atoms in total. The molecule has 0 bridgehead atoms. The van der Waals surface area contributed by atoms with E-state index in [-0.39, 0.29) is 5.75 Å². The van der Waals surface area contributed by atoms with E-state index in [0.29, 0.717) is 19.5 Å². The van der Waals surface area contributed by atoms with Gasteiger partial charge in [-0.25, -0.2) is 13.4 Å². The molecule has 0 amide bonds. The predicted molar refractivity (Wildman–Crippen MR) is 67.5 cm³/mol. The maximum absolute atomic E-state index is 11.9. The Morgan fingerprint density at radius 2 is 2.28 bits per heavy atom. The summed E-state index contributed by atoms with van der Waals surface area (Å²) in [6, 6.07) is 0. The summed E-state index contributed by atoms with van der Waals surface area (Å²) in [6.07, 6.45) is 4.21. The van der Waals surface area contributed by atoms with E-state index >= 15 is 0 Å². The first-order valence-corrected chi connectivity index (χ1v) is 7.50. The quantitative estimate of drug-likeness (QED) is 0.866. The number of H-pyrrole nitrogens is 1. The van der Waals surface area contributed by atoms with Crippen molar-refractivity contribution in [2.24, 2.45) is 0 Å². The van der Waals surface area contributed by atoms with Gasteiger partial charge in [0.05, 0.1) is 11.9 Å². The maximum atomic E-state index is 11.9. The lowest BCUT2D eigenvalue weighted by Crippen LogP contribution is -2.37. The highest BCUT2D eigenvalue weighted by Crippen LogP contribution is 2.26. The van der Waals surface area contributed by atoms with Crippen LogP contribution in [0.1, 0.15) is 18.1 Å². The van der Waals surface area contributed by atoms with Crippen LogP contribution in [0.15, 0.2) is 12.4 Å². The molecule has 1 N–H and O–H groups in total. The fraction of sp³-hybridized carbons (Fsp3) is 0.455. The average molecular weight is 266 g/mol. The SMILES string of the molecule is CCS(=O)(=O)N1CCc2c(cnc3[nH]ncc23)C1. The lowest BCUT2D eigenvalue weighted by atomic mass is 10.0. The van der Waals surface area contributed by atoms with E-state index < -0.39 is 10.0 Å². The highest BCUT2D eigenvalue weighted by atomic mass is 32.2. The molecular weight excluding hydrogens is 252 g/mol. The fourth-order valence-electron chi connectivity index (χ4n) is 2.35. The Morgan fingerprint density at radius 3 is 3.06 bits per heavy atom. The van der Waals surface area contributed by atoms with Crippen LogP contribution in [0.25, 0.3) is 11.0 Å². The summed E-state index contributed by atoms with van der Waals surface area (Å²) < 4.78 is 25.3. The second kappa shape index (κ2) is 4.03. The smallest absolute Gasteiger partial charge is 0.214 e. The summed E-state index contributed by atoms with van der Waals surface area (Å²) in [5.41, 5.74) is 2.91. The van der Waals surface area contributed by atoms with Crippen LogP contribution in [-0.2, 0) is 23.0 Å². The number of hydrogen-bond donors (Lipinski definition) is 1. The molecule has 7 heteroatoms. The number of fused-ring (bicyclic) bond motifs is 3. The first-order valence-electron chi connectivity index (χ1n) is 5.89. The summed E-state index contributed by atoms with van der Waals surface area (Å²) >= 11 is 0. The van der Waals surface area contributed by atoms with Crippen LogP contribution >= 0.6 is 0 Å². The van der Waals surface area contributed by atoms with E-state index in [1.165, 1.54) is 4.31 Å². The Kier molecular flexibility index (Phi) is 2.60. The highest BCUT2D eigenvalue weighted by Gasteiger charge is 2.26. The van der Waals surface area contributed by atoms with Crippen molar-refractivity contribution in [3.8, 4) is 0 Å². The Bertz CT molecular complexity index is 692. The summed E-state index contributed by atoms with van der Waals surface area (Å²) in [5, 5.41) is 7.80. The third kappa shape index (κ3) is 1.70. The summed E-state index contributed by atoms with van der Waals surface area (Å²) in [4.78, 5) is 4.26. The van der Waals surface area contributed by atoms with Gasteiger partial charge in [-0.2, -0.15) is 9.40 Å². The molecule has 0 atom stereocenters. The number of pyridine rings is 1. The molecule has 0 fully saturated rings. The van der Waals surface area contributed by atoms with E-state index in [1.54, 1.807) is 19.3 Å². The van der Waals surface area contributed by atoms with Crippen molar-refractivity contribution < 1.29 is 8.42 Å². The molecule has 3 heterocycles. The van der Waals surface area contributed by atoms with Crippen molar-refractivity contribution in [1.29, 1.82) is 0 Å². The second-order valence-electron chi connectivity index (χ2n) is 4.38. The third-order valence-electron chi connectivity index (χ3n) is 3.40. The van der Waals surface area contributed by atoms with Crippen LogP contribution < -0.4 is 0 Å². The molecule has 3 rings (SSSR count). The first kappa shape index (κ1) is 11.6. The lowest BCUT2D eigenvalue weighted by Gasteiger charge is -2.27. The molecule has 96 valence electrons. The van der Waals surface area contributed by atoms with Gasteiger partial charge in [-0.3, -0.25) is 5.10 Å². The van der Waals surface area contributed by atoms with Gasteiger partial charge < -0.3 is 0 Å². The van der Waals surface area contributed by atoms with Gasteiger partial charge in [0.1, 0.15) is 0 Å². The first-order chi connectivity index (χ1) is 8.62. The molecule has 0 unspecified atom stereocenters. The Balaban J connectivity index is 2.04. The van der Waals surface area contributed by atoms with Crippen LogP contribution in [0, 0.1) is 0 Å². The molecule has 0 saturated carbocycles. The lowest BCUT2D eigenvalue weighted by molar-refractivity contribution is 0.392. The normalized spacial score (nSPS) is 16.9. The topological polar surface area (TPSA) is 79.0 Å². The Labute approximate surface area is 105 Å². The zero-order chi connectivity index (χ0) is 12.8. The van der Waals surface area contributed by atoms with Gasteiger partial charge in [-0.15, -0.1) is 0 Å². The van der Waals surface area contributed by atoms with Gasteiger partial charge >= 0.3 is 0 Å². The van der Waals surface area contributed by atoms with E-state index in [2.05, 4.69) is 15.2 Å². The van der Waals surface area contributed by atoms with E-state index in [4.69, 9.17) is 0 Å². The average Bonchev–Trinajstić information content (AvgIpc) is 2.86. The number of hydrogen-bond acceptors (Lipinski definition) is 4. The summed E-state index contributed by atoms with van der Waals surface area (Å²) in [5.74, 6) is 0.143. The molecule has 0 saturated heterocycles. The highest BCUT2D eigenvalue weighted by molar-refractivity contribution is 7.89. The van der Waals surface area contributed by atoms with E-state index in [0.717, 1.165) is 22.2 Å². The van der Waals surface area contributed by atoms with Crippen molar-refractivity contribution in [3.63, 3.8) is 0 Å². The van der Waals surface area contributed by atoms with Crippen LogP contribution in [-0.4, -0.2) is 40.2 Å². The largest absolute Gasteiger partial charge is 0.261 e. The van der Waals surface area contributed by atoms with Crippen LogP contribution in [0.4, 0.5) is 0 Å². The zero-order valence-corrected chi connectivity index (χ0v) is 10.9. The van der Waals surface area contributed by atoms with Gasteiger partial charge in [0.25, 0.3) is 0 Å². The second-order valence-corrected chi connectivity index (χ2v) is 6.64. The van der Waals surface area contributed by atoms with Crippen molar-refractivity contribution >= 4 is 21.1 Å². The molecule has 1 aliphatic rings. The van der Waals surface area contributed by atoms with Crippen molar-refractivity contribution in [1.82, 2.24) is 19.5 Å². The van der Waals surface area contributed by atoms with Crippen molar-refractivity contribution in [2.75, 3.05) is 12.3 Å². The van der Waals surface area contributed by atoms with Gasteiger partial charge in [-0.05, 0) is 24.5 Å². The predicted octanol–water partition coefficient (Wildman–Crippen LogP) is 0.666. The van der Waals surface area contributed by atoms with Crippen LogP contribution in [0.2, 0.25) is 0 Å². The molecule has 0 aliphatic carbocycles. The molecule has 2 aromatic heterocycles.